The third-order valence-electron chi connectivity index (χ3n) is 7.79. The SMILES string of the molecule is C=C(Nc1ccc(Cc2ccccc2F)nc1)C1=NC2=CCC(C)(c3cncc(N4CCCCC4)c3)C=C21. The molecule has 3 aliphatic rings. The number of nitrogens with one attached hydrogen (secondary N) is 1. The van der Waals surface area contributed by atoms with E-state index in [1.54, 1.807) is 18.3 Å². The summed E-state index contributed by atoms with van der Waals surface area (Å²) in [7, 11) is 0. The second-order valence-corrected chi connectivity index (χ2v) is 10.6. The normalized spacial score (nSPS) is 20.5. The quantitative estimate of drug-likeness (QED) is 0.386. The van der Waals surface area contributed by atoms with Gasteiger partial charge in [0.25, 0.3) is 0 Å². The summed E-state index contributed by atoms with van der Waals surface area (Å²) in [5.74, 6) is -0.210. The van der Waals surface area contributed by atoms with Gasteiger partial charge in [0.15, 0.2) is 0 Å². The maximum Gasteiger partial charge on any atom is 0.126 e. The molecule has 5 nitrogen and oxygen atoms in total. The number of hydrogen-bond acceptors (Lipinski definition) is 5. The fourth-order valence-electron chi connectivity index (χ4n) is 5.46. The van der Waals surface area contributed by atoms with Gasteiger partial charge in [-0.15, -0.1) is 0 Å². The van der Waals surface area contributed by atoms with Gasteiger partial charge >= 0.3 is 0 Å². The third kappa shape index (κ3) is 4.78. The van der Waals surface area contributed by atoms with E-state index in [9.17, 15) is 4.39 Å². The van der Waals surface area contributed by atoms with Crippen LogP contribution in [0.3, 0.4) is 0 Å². The molecule has 1 fully saturated rings. The number of fused-ring (bicyclic) bond motifs is 1. The second kappa shape index (κ2) is 10.0. The lowest BCUT2D eigenvalue weighted by molar-refractivity contribution is 0.571. The molecule has 0 spiro atoms. The molecule has 0 radical (unpaired) electrons. The fourth-order valence-corrected chi connectivity index (χ4v) is 5.46. The minimum atomic E-state index is -0.210. The van der Waals surface area contributed by atoms with Gasteiger partial charge in [-0.2, -0.15) is 0 Å². The van der Waals surface area contributed by atoms with Crippen molar-refractivity contribution in [3.05, 3.63) is 119 Å². The third-order valence-corrected chi connectivity index (χ3v) is 7.79. The highest BCUT2D eigenvalue weighted by Gasteiger charge is 2.35. The highest BCUT2D eigenvalue weighted by Crippen LogP contribution is 2.42. The number of anilines is 2. The average Bonchev–Trinajstić information content (AvgIpc) is 2.93. The zero-order valence-electron chi connectivity index (χ0n) is 21.8. The van der Waals surface area contributed by atoms with Gasteiger partial charge in [-0.3, -0.25) is 9.97 Å². The topological polar surface area (TPSA) is 53.4 Å². The Morgan fingerprint density at radius 1 is 1.08 bits per heavy atom. The predicted octanol–water partition coefficient (Wildman–Crippen LogP) is 6.75. The Morgan fingerprint density at radius 2 is 1.92 bits per heavy atom. The van der Waals surface area contributed by atoms with E-state index < -0.39 is 0 Å². The van der Waals surface area contributed by atoms with Gasteiger partial charge in [0.2, 0.25) is 0 Å². The van der Waals surface area contributed by atoms with E-state index in [-0.39, 0.29) is 11.2 Å². The Kier molecular flexibility index (Phi) is 6.40. The van der Waals surface area contributed by atoms with E-state index in [1.165, 1.54) is 36.6 Å². The molecule has 6 heteroatoms. The van der Waals surface area contributed by atoms with Crippen molar-refractivity contribution in [3.8, 4) is 0 Å². The Labute approximate surface area is 223 Å². The highest BCUT2D eigenvalue weighted by atomic mass is 19.1. The number of hydrogen-bond donors (Lipinski definition) is 1. The van der Waals surface area contributed by atoms with Crippen LogP contribution in [-0.4, -0.2) is 28.8 Å². The predicted molar refractivity (Wildman–Crippen MR) is 152 cm³/mol. The van der Waals surface area contributed by atoms with Gasteiger partial charge < -0.3 is 10.2 Å². The molecule has 1 aromatic carbocycles. The summed E-state index contributed by atoms with van der Waals surface area (Å²) in [6, 6.07) is 13.0. The molecule has 4 heterocycles. The van der Waals surface area contributed by atoms with E-state index in [1.807, 2.05) is 30.6 Å². The number of nitrogens with zero attached hydrogens (tertiary/aromatic N) is 4. The molecule has 2 aliphatic heterocycles. The van der Waals surface area contributed by atoms with Crippen LogP contribution in [0.2, 0.25) is 0 Å². The fraction of sp³-hybridized carbons (Fsp3) is 0.281. The standard InChI is InChI=1S/C32H32FN5/c1-22(36-26-11-10-25(35-20-26)16-23-8-4-5-9-29(23)33)31-28-18-32(2,13-12-30(28)37-31)24-17-27(21-34-19-24)38-14-6-3-7-15-38/h4-5,8-12,17-21,36H,1,3,6-7,13-16H2,2H3. The van der Waals surface area contributed by atoms with Crippen LogP contribution in [-0.2, 0) is 11.8 Å². The molecule has 1 saturated heterocycles. The van der Waals surface area contributed by atoms with Crippen LogP contribution in [0.5, 0.6) is 0 Å². The smallest absolute Gasteiger partial charge is 0.126 e. The lowest BCUT2D eigenvalue weighted by atomic mass is 9.73. The van der Waals surface area contributed by atoms with E-state index in [0.29, 0.717) is 12.0 Å². The lowest BCUT2D eigenvalue weighted by Crippen LogP contribution is -2.31. The minimum absolute atomic E-state index is 0.158. The Balaban J connectivity index is 1.15. The number of aromatic nitrogens is 2. The lowest BCUT2D eigenvalue weighted by Gasteiger charge is -2.36. The second-order valence-electron chi connectivity index (χ2n) is 10.6. The number of benzene rings is 1. The molecule has 1 N–H and O–H groups in total. The number of piperidine rings is 1. The summed E-state index contributed by atoms with van der Waals surface area (Å²) in [6.07, 6.45) is 15.4. The molecule has 1 unspecified atom stereocenters. The van der Waals surface area contributed by atoms with Gasteiger partial charge in [-0.25, -0.2) is 9.38 Å². The van der Waals surface area contributed by atoms with Crippen LogP contribution in [0.15, 0.2) is 102 Å². The zero-order chi connectivity index (χ0) is 26.1. The van der Waals surface area contributed by atoms with Crippen molar-refractivity contribution < 1.29 is 4.39 Å². The van der Waals surface area contributed by atoms with E-state index in [2.05, 4.69) is 51.9 Å². The first-order valence-corrected chi connectivity index (χ1v) is 13.4. The Bertz CT molecular complexity index is 1460. The molecule has 3 aromatic rings. The van der Waals surface area contributed by atoms with Crippen LogP contribution in [0.1, 0.15) is 49.4 Å². The monoisotopic (exact) mass is 505 g/mol. The van der Waals surface area contributed by atoms with Crippen molar-refractivity contribution >= 4 is 17.1 Å². The molecule has 1 aliphatic carbocycles. The van der Waals surface area contributed by atoms with Crippen molar-refractivity contribution in [1.29, 1.82) is 0 Å². The van der Waals surface area contributed by atoms with Gasteiger partial charge in [0, 0.05) is 42.4 Å². The summed E-state index contributed by atoms with van der Waals surface area (Å²) < 4.78 is 14.0. The molecule has 192 valence electrons. The van der Waals surface area contributed by atoms with Crippen LogP contribution >= 0.6 is 0 Å². The van der Waals surface area contributed by atoms with Crippen LogP contribution in [0, 0.1) is 5.82 Å². The molecule has 0 saturated carbocycles. The van der Waals surface area contributed by atoms with Crippen molar-refractivity contribution in [2.45, 2.75) is 44.4 Å². The van der Waals surface area contributed by atoms with Gasteiger partial charge in [0.05, 0.1) is 40.9 Å². The van der Waals surface area contributed by atoms with Crippen LogP contribution in [0.25, 0.3) is 0 Å². The highest BCUT2D eigenvalue weighted by molar-refractivity contribution is 6.21. The first-order valence-electron chi connectivity index (χ1n) is 13.4. The van der Waals surface area contributed by atoms with E-state index >= 15 is 0 Å². The zero-order valence-corrected chi connectivity index (χ0v) is 21.8. The number of halogens is 1. The Hall–Kier alpha value is -4.06. The van der Waals surface area contributed by atoms with Gasteiger partial charge in [-0.1, -0.05) is 43.9 Å². The van der Waals surface area contributed by atoms with Crippen LogP contribution < -0.4 is 10.2 Å². The summed E-state index contributed by atoms with van der Waals surface area (Å²) in [6.45, 7) is 8.74. The van der Waals surface area contributed by atoms with Crippen LogP contribution in [0.4, 0.5) is 15.8 Å². The average molecular weight is 506 g/mol. The van der Waals surface area contributed by atoms with E-state index in [4.69, 9.17) is 4.99 Å². The molecule has 0 bridgehead atoms. The molecule has 2 aromatic heterocycles. The van der Waals surface area contributed by atoms with Crippen molar-refractivity contribution in [3.63, 3.8) is 0 Å². The number of aliphatic imine (C=N–C) groups is 1. The molecular formula is C32H32FN5. The van der Waals surface area contributed by atoms with Crippen molar-refractivity contribution in [2.24, 2.45) is 4.99 Å². The van der Waals surface area contributed by atoms with Gasteiger partial charge in [-0.05, 0) is 61.1 Å². The molecular weight excluding hydrogens is 473 g/mol. The first kappa shape index (κ1) is 24.3. The van der Waals surface area contributed by atoms with E-state index in [0.717, 1.165) is 53.6 Å². The summed E-state index contributed by atoms with van der Waals surface area (Å²) in [4.78, 5) is 16.3. The molecule has 1 atom stereocenters. The number of allylic oxidation sites excluding steroid dienone is 4. The number of rotatable bonds is 7. The largest absolute Gasteiger partial charge is 0.370 e. The molecule has 6 rings (SSSR count). The van der Waals surface area contributed by atoms with Crippen molar-refractivity contribution in [1.82, 2.24) is 9.97 Å². The molecule has 0 amide bonds. The Morgan fingerprint density at radius 3 is 2.71 bits per heavy atom. The molecule has 38 heavy (non-hydrogen) atoms. The first-order chi connectivity index (χ1) is 18.5. The number of pyridine rings is 2. The minimum Gasteiger partial charge on any atom is -0.370 e. The maximum atomic E-state index is 14.0. The summed E-state index contributed by atoms with van der Waals surface area (Å²) >= 11 is 0. The van der Waals surface area contributed by atoms with Gasteiger partial charge in [0.1, 0.15) is 5.82 Å². The summed E-state index contributed by atoms with van der Waals surface area (Å²) in [5.41, 5.74) is 8.32. The summed E-state index contributed by atoms with van der Waals surface area (Å²) in [5, 5.41) is 3.35. The van der Waals surface area contributed by atoms with Crippen molar-refractivity contribution in [2.75, 3.05) is 23.3 Å². The maximum absolute atomic E-state index is 14.0.